The fourth-order valence-electron chi connectivity index (χ4n) is 1.63. The first-order chi connectivity index (χ1) is 7.59. The van der Waals surface area contributed by atoms with Gasteiger partial charge in [0.25, 0.3) is 0 Å². The van der Waals surface area contributed by atoms with Gasteiger partial charge in [-0.3, -0.25) is 0 Å². The third kappa shape index (κ3) is 1.89. The topological polar surface area (TPSA) is 26.0 Å². The molecule has 0 aliphatic rings. The van der Waals surface area contributed by atoms with Gasteiger partial charge in [0.15, 0.2) is 0 Å². The zero-order valence-corrected chi connectivity index (χ0v) is 9.55. The minimum Gasteiger partial charge on any atom is -0.398 e. The third-order valence-electron chi connectivity index (χ3n) is 2.57. The highest BCUT2D eigenvalue weighted by Gasteiger charge is 2.06. The van der Waals surface area contributed by atoms with E-state index in [1.807, 2.05) is 12.1 Å². The Kier molecular flexibility index (Phi) is 2.84. The lowest BCUT2D eigenvalue weighted by Gasteiger charge is -2.08. The van der Waals surface area contributed by atoms with Gasteiger partial charge in [-0.1, -0.05) is 29.8 Å². The van der Waals surface area contributed by atoms with Gasteiger partial charge in [0.2, 0.25) is 0 Å². The normalized spacial score (nSPS) is 10.4. The smallest absolute Gasteiger partial charge is 0.126 e. The first-order valence-electron chi connectivity index (χ1n) is 4.90. The van der Waals surface area contributed by atoms with E-state index in [0.29, 0.717) is 16.3 Å². The summed E-state index contributed by atoms with van der Waals surface area (Å²) in [4.78, 5) is 0. The fourth-order valence-corrected chi connectivity index (χ4v) is 1.75. The number of hydrogen-bond donors (Lipinski definition) is 1. The summed E-state index contributed by atoms with van der Waals surface area (Å²) >= 11 is 5.84. The number of nitrogen functional groups attached to an aromatic ring is 1. The Morgan fingerprint density at radius 1 is 1.19 bits per heavy atom. The molecule has 16 heavy (non-hydrogen) atoms. The lowest BCUT2D eigenvalue weighted by molar-refractivity contribution is 0.619. The van der Waals surface area contributed by atoms with Crippen LogP contribution >= 0.6 is 11.6 Å². The summed E-state index contributed by atoms with van der Waals surface area (Å²) in [5.41, 5.74) is 8.55. The van der Waals surface area contributed by atoms with Crippen molar-refractivity contribution in [2.24, 2.45) is 0 Å². The molecule has 0 unspecified atom stereocenters. The number of anilines is 1. The molecule has 1 nitrogen and oxygen atoms in total. The molecule has 0 amide bonds. The second kappa shape index (κ2) is 4.14. The average Bonchev–Trinajstić information content (AvgIpc) is 2.26. The third-order valence-corrected chi connectivity index (χ3v) is 2.92. The summed E-state index contributed by atoms with van der Waals surface area (Å²) in [5, 5.41) is 0.512. The quantitative estimate of drug-likeness (QED) is 0.742. The van der Waals surface area contributed by atoms with E-state index in [0.717, 1.165) is 11.1 Å². The van der Waals surface area contributed by atoms with E-state index in [9.17, 15) is 4.39 Å². The van der Waals surface area contributed by atoms with Crippen molar-refractivity contribution in [2.45, 2.75) is 6.92 Å². The van der Waals surface area contributed by atoms with Crippen molar-refractivity contribution < 1.29 is 4.39 Å². The maximum Gasteiger partial charge on any atom is 0.126 e. The van der Waals surface area contributed by atoms with Gasteiger partial charge >= 0.3 is 0 Å². The van der Waals surface area contributed by atoms with E-state index >= 15 is 0 Å². The van der Waals surface area contributed by atoms with Crippen LogP contribution in [-0.2, 0) is 0 Å². The average molecular weight is 236 g/mol. The maximum atomic E-state index is 13.4. The molecule has 2 aromatic carbocycles. The van der Waals surface area contributed by atoms with Crippen LogP contribution < -0.4 is 5.73 Å². The summed E-state index contributed by atoms with van der Waals surface area (Å²) in [6.45, 7) is 1.75. The highest BCUT2D eigenvalue weighted by molar-refractivity contribution is 6.33. The van der Waals surface area contributed by atoms with Crippen molar-refractivity contribution in [1.82, 2.24) is 0 Å². The summed E-state index contributed by atoms with van der Waals surface area (Å²) in [5.74, 6) is -0.217. The number of halogens is 2. The number of benzene rings is 2. The summed E-state index contributed by atoms with van der Waals surface area (Å²) in [6, 6.07) is 10.3. The van der Waals surface area contributed by atoms with Gasteiger partial charge < -0.3 is 5.73 Å². The van der Waals surface area contributed by atoms with E-state index < -0.39 is 0 Å². The van der Waals surface area contributed by atoms with Gasteiger partial charge in [-0.15, -0.1) is 0 Å². The molecule has 82 valence electrons. The molecular formula is C13H11ClFN. The van der Waals surface area contributed by atoms with E-state index in [1.165, 1.54) is 6.07 Å². The molecule has 0 heterocycles. The molecule has 0 bridgehead atoms. The molecule has 0 spiro atoms. The molecule has 0 aromatic heterocycles. The minimum atomic E-state index is -0.217. The molecule has 2 aromatic rings. The molecule has 2 rings (SSSR count). The van der Waals surface area contributed by atoms with Crippen LogP contribution in [0.3, 0.4) is 0 Å². The molecule has 0 saturated carbocycles. The maximum absolute atomic E-state index is 13.4. The van der Waals surface area contributed by atoms with Crippen LogP contribution in [0.15, 0.2) is 36.4 Å². The van der Waals surface area contributed by atoms with Crippen LogP contribution in [0.1, 0.15) is 5.56 Å². The highest BCUT2D eigenvalue weighted by atomic mass is 35.5. The van der Waals surface area contributed by atoms with E-state index in [1.54, 1.807) is 25.1 Å². The van der Waals surface area contributed by atoms with Crippen molar-refractivity contribution >= 4 is 17.3 Å². The SMILES string of the molecule is Cc1c(F)cccc1-c1ccc(Cl)c(N)c1. The van der Waals surface area contributed by atoms with Crippen LogP contribution in [0.5, 0.6) is 0 Å². The predicted octanol–water partition coefficient (Wildman–Crippen LogP) is 4.04. The minimum absolute atomic E-state index is 0.217. The van der Waals surface area contributed by atoms with Crippen LogP contribution in [0.25, 0.3) is 11.1 Å². The Morgan fingerprint density at radius 3 is 2.62 bits per heavy atom. The molecule has 0 atom stereocenters. The zero-order valence-electron chi connectivity index (χ0n) is 8.80. The van der Waals surface area contributed by atoms with Gasteiger partial charge in [0, 0.05) is 0 Å². The van der Waals surface area contributed by atoms with Crippen LogP contribution in [-0.4, -0.2) is 0 Å². The number of hydrogen-bond acceptors (Lipinski definition) is 1. The lowest BCUT2D eigenvalue weighted by atomic mass is 10.00. The van der Waals surface area contributed by atoms with E-state index in [-0.39, 0.29) is 5.82 Å². The van der Waals surface area contributed by atoms with Crippen molar-refractivity contribution in [1.29, 1.82) is 0 Å². The van der Waals surface area contributed by atoms with Crippen LogP contribution in [0.4, 0.5) is 10.1 Å². The predicted molar refractivity (Wildman–Crippen MR) is 66.0 cm³/mol. The molecule has 0 radical (unpaired) electrons. The Bertz CT molecular complexity index is 537. The first kappa shape index (κ1) is 11.0. The molecule has 0 aliphatic heterocycles. The zero-order chi connectivity index (χ0) is 11.7. The number of nitrogens with two attached hydrogens (primary N) is 1. The Labute approximate surface area is 98.7 Å². The molecule has 2 N–H and O–H groups in total. The van der Waals surface area contributed by atoms with Crippen molar-refractivity contribution in [2.75, 3.05) is 5.73 Å². The Morgan fingerprint density at radius 2 is 1.94 bits per heavy atom. The molecule has 3 heteroatoms. The van der Waals surface area contributed by atoms with Crippen molar-refractivity contribution in [3.8, 4) is 11.1 Å². The Hall–Kier alpha value is -1.54. The molecule has 0 aliphatic carbocycles. The summed E-state index contributed by atoms with van der Waals surface area (Å²) in [7, 11) is 0. The number of rotatable bonds is 1. The molecule has 0 fully saturated rings. The monoisotopic (exact) mass is 235 g/mol. The standard InChI is InChI=1S/C13H11ClFN/c1-8-10(3-2-4-12(8)15)9-5-6-11(14)13(16)7-9/h2-7H,16H2,1H3. The second-order valence-electron chi connectivity index (χ2n) is 3.65. The summed E-state index contributed by atoms with van der Waals surface area (Å²) in [6.07, 6.45) is 0. The Balaban J connectivity index is 2.59. The fraction of sp³-hybridized carbons (Fsp3) is 0.0769. The van der Waals surface area contributed by atoms with E-state index in [4.69, 9.17) is 17.3 Å². The molecular weight excluding hydrogens is 225 g/mol. The van der Waals surface area contributed by atoms with Gasteiger partial charge in [0.05, 0.1) is 10.7 Å². The van der Waals surface area contributed by atoms with Gasteiger partial charge in [0.1, 0.15) is 5.82 Å². The van der Waals surface area contributed by atoms with Crippen LogP contribution in [0, 0.1) is 12.7 Å². The second-order valence-corrected chi connectivity index (χ2v) is 4.06. The largest absolute Gasteiger partial charge is 0.398 e. The van der Waals surface area contributed by atoms with Crippen molar-refractivity contribution in [3.05, 3.63) is 52.8 Å². The van der Waals surface area contributed by atoms with Gasteiger partial charge in [-0.25, -0.2) is 4.39 Å². The highest BCUT2D eigenvalue weighted by Crippen LogP contribution is 2.29. The van der Waals surface area contributed by atoms with Gasteiger partial charge in [-0.2, -0.15) is 0 Å². The lowest BCUT2D eigenvalue weighted by Crippen LogP contribution is -1.90. The van der Waals surface area contributed by atoms with E-state index in [2.05, 4.69) is 0 Å². The summed E-state index contributed by atoms with van der Waals surface area (Å²) < 4.78 is 13.4. The van der Waals surface area contributed by atoms with Crippen molar-refractivity contribution in [3.63, 3.8) is 0 Å². The molecule has 0 saturated heterocycles. The van der Waals surface area contributed by atoms with Crippen LogP contribution in [0.2, 0.25) is 5.02 Å². The first-order valence-corrected chi connectivity index (χ1v) is 5.28. The van der Waals surface area contributed by atoms with Gasteiger partial charge in [-0.05, 0) is 41.8 Å².